The summed E-state index contributed by atoms with van der Waals surface area (Å²) in [5.74, 6) is -2.43. The van der Waals surface area contributed by atoms with E-state index in [1.807, 2.05) is 0 Å². The highest BCUT2D eigenvalue weighted by molar-refractivity contribution is 9.10. The van der Waals surface area contributed by atoms with Crippen molar-refractivity contribution >= 4 is 33.5 Å². The van der Waals surface area contributed by atoms with Crippen molar-refractivity contribution in [3.05, 3.63) is 28.5 Å². The second kappa shape index (κ2) is 5.92. The number of nitrogens with zero attached hydrogens (tertiary/aromatic N) is 1. The normalized spacial score (nSPS) is 12.0. The number of hydrogen-bond acceptors (Lipinski definition) is 3. The second-order valence-corrected chi connectivity index (χ2v) is 4.61. The molecule has 0 aliphatic carbocycles. The van der Waals surface area contributed by atoms with Crippen molar-refractivity contribution in [3.8, 4) is 0 Å². The first-order valence-corrected chi connectivity index (χ1v) is 5.82. The van der Waals surface area contributed by atoms with Crippen molar-refractivity contribution in [2.75, 3.05) is 11.9 Å². The van der Waals surface area contributed by atoms with Crippen LogP contribution in [0.25, 0.3) is 0 Å². The fraction of sp³-hybridized carbons (Fsp3) is 0.273. The van der Waals surface area contributed by atoms with E-state index in [4.69, 9.17) is 10.8 Å². The van der Waals surface area contributed by atoms with Gasteiger partial charge in [-0.15, -0.1) is 0 Å². The van der Waals surface area contributed by atoms with Crippen LogP contribution < -0.4 is 10.6 Å². The Morgan fingerprint density at radius 3 is 2.72 bits per heavy atom. The molecule has 0 fully saturated rings. The number of carbonyl (C=O) groups excluding carboxylic acids is 1. The quantitative estimate of drug-likeness (QED) is 0.877. The summed E-state index contributed by atoms with van der Waals surface area (Å²) in [6, 6.07) is 2.91. The zero-order chi connectivity index (χ0) is 13.9. The molecule has 0 aliphatic rings. The van der Waals surface area contributed by atoms with E-state index in [2.05, 4.69) is 15.9 Å². The zero-order valence-electron chi connectivity index (χ0n) is 9.56. The predicted octanol–water partition coefficient (Wildman–Crippen LogP) is 1.35. The molecule has 0 saturated heterocycles. The van der Waals surface area contributed by atoms with Crippen molar-refractivity contribution in [1.29, 1.82) is 0 Å². The minimum absolute atomic E-state index is 0.0372. The number of carboxylic acid groups (broad SMARTS) is 1. The van der Waals surface area contributed by atoms with Gasteiger partial charge in [-0.3, -0.25) is 9.59 Å². The lowest BCUT2D eigenvalue weighted by molar-refractivity contribution is -0.139. The first-order valence-electron chi connectivity index (χ1n) is 5.03. The lowest BCUT2D eigenvalue weighted by Crippen LogP contribution is -2.43. The van der Waals surface area contributed by atoms with Gasteiger partial charge in [0.15, 0.2) is 0 Å². The van der Waals surface area contributed by atoms with Crippen LogP contribution >= 0.6 is 15.9 Å². The van der Waals surface area contributed by atoms with Crippen LogP contribution in [0.1, 0.15) is 6.42 Å². The van der Waals surface area contributed by atoms with Gasteiger partial charge in [0, 0.05) is 11.5 Å². The van der Waals surface area contributed by atoms with Gasteiger partial charge in [0.05, 0.1) is 18.2 Å². The van der Waals surface area contributed by atoms with E-state index in [0.717, 1.165) is 4.90 Å². The maximum Gasteiger partial charge on any atom is 0.305 e. The molecule has 0 bridgehead atoms. The molecule has 0 aromatic heterocycles. The molecule has 0 aliphatic heterocycles. The average molecular weight is 319 g/mol. The molecule has 0 heterocycles. The number of likely N-dealkylation sites (N-methyl/N-ethyl adjacent to an activating group) is 1. The van der Waals surface area contributed by atoms with Crippen LogP contribution in [0.3, 0.4) is 0 Å². The second-order valence-electron chi connectivity index (χ2n) is 3.70. The molecule has 0 saturated carbocycles. The number of aliphatic carboxylic acids is 1. The van der Waals surface area contributed by atoms with Crippen molar-refractivity contribution in [1.82, 2.24) is 0 Å². The van der Waals surface area contributed by atoms with Gasteiger partial charge in [-0.2, -0.15) is 0 Å². The van der Waals surface area contributed by atoms with Gasteiger partial charge in [-0.25, -0.2) is 4.39 Å². The highest BCUT2D eigenvalue weighted by Crippen LogP contribution is 2.23. The summed E-state index contributed by atoms with van der Waals surface area (Å²) in [4.78, 5) is 23.3. The topological polar surface area (TPSA) is 83.6 Å². The molecule has 1 aromatic rings. The van der Waals surface area contributed by atoms with Gasteiger partial charge in [-0.05, 0) is 18.2 Å². The first-order chi connectivity index (χ1) is 8.32. The molecule has 0 spiro atoms. The summed E-state index contributed by atoms with van der Waals surface area (Å²) in [5, 5.41) is 8.55. The number of carboxylic acids is 1. The Morgan fingerprint density at radius 2 is 2.17 bits per heavy atom. The van der Waals surface area contributed by atoms with E-state index in [1.54, 1.807) is 0 Å². The summed E-state index contributed by atoms with van der Waals surface area (Å²) in [5.41, 5.74) is 5.48. The fourth-order valence-electron chi connectivity index (χ4n) is 1.39. The van der Waals surface area contributed by atoms with E-state index in [1.165, 1.54) is 25.2 Å². The van der Waals surface area contributed by atoms with Gasteiger partial charge < -0.3 is 15.7 Å². The van der Waals surface area contributed by atoms with Crippen molar-refractivity contribution in [3.63, 3.8) is 0 Å². The van der Waals surface area contributed by atoms with E-state index in [-0.39, 0.29) is 5.69 Å². The number of amides is 1. The van der Waals surface area contributed by atoms with E-state index < -0.39 is 30.2 Å². The van der Waals surface area contributed by atoms with Crippen LogP contribution in [0.15, 0.2) is 22.7 Å². The van der Waals surface area contributed by atoms with Crippen LogP contribution in [0.5, 0.6) is 0 Å². The van der Waals surface area contributed by atoms with Gasteiger partial charge in [0.2, 0.25) is 5.91 Å². The Kier molecular flexibility index (Phi) is 4.80. The Balaban J connectivity index is 2.92. The number of halogens is 2. The fourth-order valence-corrected chi connectivity index (χ4v) is 1.73. The Morgan fingerprint density at radius 1 is 1.56 bits per heavy atom. The average Bonchev–Trinajstić information content (AvgIpc) is 2.29. The highest BCUT2D eigenvalue weighted by Gasteiger charge is 2.23. The van der Waals surface area contributed by atoms with E-state index in [9.17, 15) is 14.0 Å². The Bertz CT molecular complexity index is 481. The monoisotopic (exact) mass is 318 g/mol. The molecule has 5 nitrogen and oxygen atoms in total. The van der Waals surface area contributed by atoms with Gasteiger partial charge in [0.25, 0.3) is 0 Å². The van der Waals surface area contributed by atoms with Crippen molar-refractivity contribution in [2.45, 2.75) is 12.5 Å². The molecule has 1 amide bonds. The van der Waals surface area contributed by atoms with E-state index >= 15 is 0 Å². The third-order valence-corrected chi connectivity index (χ3v) is 2.81. The number of hydrogen-bond donors (Lipinski definition) is 2. The zero-order valence-corrected chi connectivity index (χ0v) is 11.1. The lowest BCUT2D eigenvalue weighted by Gasteiger charge is -2.21. The Labute approximate surface area is 112 Å². The molecule has 18 heavy (non-hydrogen) atoms. The largest absolute Gasteiger partial charge is 0.481 e. The van der Waals surface area contributed by atoms with Gasteiger partial charge in [-0.1, -0.05) is 15.9 Å². The molecular formula is C11H12BrFN2O3. The van der Waals surface area contributed by atoms with Crippen molar-refractivity contribution < 1.29 is 19.1 Å². The summed E-state index contributed by atoms with van der Waals surface area (Å²) >= 11 is 3.16. The lowest BCUT2D eigenvalue weighted by atomic mass is 10.2. The summed E-state index contributed by atoms with van der Waals surface area (Å²) in [6.45, 7) is 0. The number of anilines is 1. The molecule has 1 unspecified atom stereocenters. The minimum Gasteiger partial charge on any atom is -0.481 e. The van der Waals surface area contributed by atoms with Crippen LogP contribution in [0.2, 0.25) is 0 Å². The van der Waals surface area contributed by atoms with E-state index in [0.29, 0.717) is 4.47 Å². The van der Waals surface area contributed by atoms with Gasteiger partial charge in [0.1, 0.15) is 5.82 Å². The van der Waals surface area contributed by atoms with Gasteiger partial charge >= 0.3 is 5.97 Å². The van der Waals surface area contributed by atoms with Crippen LogP contribution in [0.4, 0.5) is 10.1 Å². The smallest absolute Gasteiger partial charge is 0.305 e. The molecule has 98 valence electrons. The number of rotatable bonds is 4. The van der Waals surface area contributed by atoms with Crippen molar-refractivity contribution in [2.24, 2.45) is 5.73 Å². The third kappa shape index (κ3) is 3.51. The molecule has 1 rings (SSSR count). The number of benzene rings is 1. The molecular weight excluding hydrogens is 307 g/mol. The Hall–Kier alpha value is -1.47. The molecule has 3 N–H and O–H groups in total. The summed E-state index contributed by atoms with van der Waals surface area (Å²) in [6.07, 6.45) is -0.501. The first kappa shape index (κ1) is 14.6. The summed E-state index contributed by atoms with van der Waals surface area (Å²) in [7, 11) is 1.34. The van der Waals surface area contributed by atoms with Crippen LogP contribution in [-0.2, 0) is 9.59 Å². The number of carbonyl (C=O) groups is 2. The molecule has 7 heteroatoms. The van der Waals surface area contributed by atoms with Crippen LogP contribution in [-0.4, -0.2) is 30.1 Å². The minimum atomic E-state index is -1.20. The maximum absolute atomic E-state index is 13.5. The number of nitrogens with two attached hydrogens (primary N) is 1. The molecule has 1 aromatic carbocycles. The maximum atomic E-state index is 13.5. The standard InChI is InChI=1S/C11H12BrFN2O3/c1-15(11(18)8(14)5-10(16)17)9-4-6(12)2-3-7(9)13/h2-4,8H,5,14H2,1H3,(H,16,17). The summed E-state index contributed by atoms with van der Waals surface area (Å²) < 4.78 is 14.1. The molecule has 0 radical (unpaired) electrons. The SMILES string of the molecule is CN(C(=O)C(N)CC(=O)O)c1cc(Br)ccc1F. The van der Waals surface area contributed by atoms with Crippen LogP contribution in [0, 0.1) is 5.82 Å². The predicted molar refractivity (Wildman–Crippen MR) is 67.7 cm³/mol. The highest BCUT2D eigenvalue weighted by atomic mass is 79.9. The third-order valence-electron chi connectivity index (χ3n) is 2.31. The molecule has 1 atom stereocenters.